The second-order valence-electron chi connectivity index (χ2n) is 6.34. The number of rotatable bonds is 5. The molecule has 24 heavy (non-hydrogen) atoms. The van der Waals surface area contributed by atoms with Crippen LogP contribution in [0.3, 0.4) is 0 Å². The summed E-state index contributed by atoms with van der Waals surface area (Å²) in [5.74, 6) is -2.39. The summed E-state index contributed by atoms with van der Waals surface area (Å²) in [5, 5.41) is 21.9. The van der Waals surface area contributed by atoms with Gasteiger partial charge in [0, 0.05) is 24.8 Å². The molecule has 0 radical (unpaired) electrons. The Morgan fingerprint density at radius 2 is 1.88 bits per heavy atom. The van der Waals surface area contributed by atoms with E-state index in [0.29, 0.717) is 12.8 Å². The normalized spacial score (nSPS) is 26.3. The largest absolute Gasteiger partial charge is 0.481 e. The number of likely N-dealkylation sites (N-methyl/N-ethyl adjacent to an activating group) is 1. The summed E-state index contributed by atoms with van der Waals surface area (Å²) in [4.78, 5) is 29.4. The van der Waals surface area contributed by atoms with Gasteiger partial charge in [0.15, 0.2) is 0 Å². The lowest BCUT2D eigenvalue weighted by Crippen LogP contribution is -2.37. The van der Waals surface area contributed by atoms with Gasteiger partial charge in [-0.05, 0) is 25.0 Å². The average Bonchev–Trinajstić information content (AvgIpc) is 3.14. The van der Waals surface area contributed by atoms with Gasteiger partial charge in [-0.1, -0.05) is 12.1 Å². The van der Waals surface area contributed by atoms with E-state index >= 15 is 0 Å². The highest BCUT2D eigenvalue weighted by atomic mass is 16.4. The van der Waals surface area contributed by atoms with Gasteiger partial charge < -0.3 is 20.4 Å². The molecular formula is C17H21N3O4. The summed E-state index contributed by atoms with van der Waals surface area (Å²) in [6.45, 7) is 1.63. The molecular weight excluding hydrogens is 310 g/mol. The van der Waals surface area contributed by atoms with Crippen LogP contribution in [0, 0.1) is 11.8 Å². The molecule has 3 rings (SSSR count). The van der Waals surface area contributed by atoms with Crippen molar-refractivity contribution in [1.29, 1.82) is 0 Å². The number of carbonyl (C=O) groups is 2. The number of carboxylic acid groups (broad SMARTS) is 2. The maximum Gasteiger partial charge on any atom is 0.308 e. The molecule has 1 saturated carbocycles. The maximum atomic E-state index is 11.4. The van der Waals surface area contributed by atoms with Crippen LogP contribution >= 0.6 is 0 Å². The van der Waals surface area contributed by atoms with Crippen molar-refractivity contribution in [1.82, 2.24) is 4.90 Å². The van der Waals surface area contributed by atoms with Gasteiger partial charge in [0.1, 0.15) is 5.84 Å². The van der Waals surface area contributed by atoms with Crippen molar-refractivity contribution in [3.8, 4) is 0 Å². The van der Waals surface area contributed by atoms with Crippen LogP contribution in [-0.2, 0) is 9.59 Å². The van der Waals surface area contributed by atoms with Crippen LogP contribution in [0.15, 0.2) is 29.3 Å². The summed E-state index contributed by atoms with van der Waals surface area (Å²) in [6, 6.07) is 6.93. The number of amidine groups is 1. The number of nitrogens with one attached hydrogen (secondary N) is 1. The number of hydrogen-bond acceptors (Lipinski definition) is 5. The highest BCUT2D eigenvalue weighted by Crippen LogP contribution is 2.34. The van der Waals surface area contributed by atoms with Crippen molar-refractivity contribution in [3.63, 3.8) is 0 Å². The van der Waals surface area contributed by atoms with E-state index < -0.39 is 29.8 Å². The van der Waals surface area contributed by atoms with Crippen molar-refractivity contribution in [2.75, 3.05) is 25.5 Å². The standard InChI is InChI=1S/C17H21N3O4/c1-20-8-7-18-15(20)10-3-2-4-11(9-10)19-14-12(16(21)22)5-6-13(14)17(23)24/h2-4,9,12-14,19H,5-8H2,1H3,(H,21,22)(H,23,24). The molecule has 1 aromatic carbocycles. The number of aliphatic carboxylic acids is 2. The molecule has 2 aliphatic rings. The minimum absolute atomic E-state index is 0.374. The highest BCUT2D eigenvalue weighted by Gasteiger charge is 2.44. The summed E-state index contributed by atoms with van der Waals surface area (Å²) >= 11 is 0. The molecule has 0 amide bonds. The Morgan fingerprint density at radius 3 is 2.42 bits per heavy atom. The van der Waals surface area contributed by atoms with E-state index in [-0.39, 0.29) is 0 Å². The van der Waals surface area contributed by atoms with Gasteiger partial charge in [-0.3, -0.25) is 14.6 Å². The quantitative estimate of drug-likeness (QED) is 0.753. The first kappa shape index (κ1) is 16.3. The van der Waals surface area contributed by atoms with Crippen molar-refractivity contribution >= 4 is 23.5 Å². The molecule has 2 unspecified atom stereocenters. The van der Waals surface area contributed by atoms with E-state index in [2.05, 4.69) is 15.2 Å². The summed E-state index contributed by atoms with van der Waals surface area (Å²) < 4.78 is 0. The molecule has 0 spiro atoms. The fraction of sp³-hybridized carbons (Fsp3) is 0.471. The lowest BCUT2D eigenvalue weighted by molar-refractivity contribution is -0.143. The van der Waals surface area contributed by atoms with E-state index in [4.69, 9.17) is 0 Å². The Hall–Kier alpha value is -2.57. The highest BCUT2D eigenvalue weighted by molar-refractivity contribution is 6.00. The summed E-state index contributed by atoms with van der Waals surface area (Å²) in [6.07, 6.45) is 0.748. The molecule has 1 aliphatic carbocycles. The second-order valence-corrected chi connectivity index (χ2v) is 6.34. The molecule has 7 heteroatoms. The van der Waals surface area contributed by atoms with Gasteiger partial charge in [-0.2, -0.15) is 0 Å². The van der Waals surface area contributed by atoms with E-state index in [1.54, 1.807) is 0 Å². The first-order chi connectivity index (χ1) is 11.5. The Balaban J connectivity index is 1.83. The fourth-order valence-corrected chi connectivity index (χ4v) is 3.54. The monoisotopic (exact) mass is 331 g/mol. The molecule has 0 saturated heterocycles. The van der Waals surface area contributed by atoms with Gasteiger partial charge in [0.2, 0.25) is 0 Å². The SMILES string of the molecule is CN1CCN=C1c1cccc(NC2C(C(=O)O)CCC2C(=O)O)c1. The number of hydrogen-bond donors (Lipinski definition) is 3. The van der Waals surface area contributed by atoms with Crippen molar-refractivity contribution in [3.05, 3.63) is 29.8 Å². The number of carboxylic acids is 2. The third kappa shape index (κ3) is 3.06. The van der Waals surface area contributed by atoms with Gasteiger partial charge in [0.25, 0.3) is 0 Å². The van der Waals surface area contributed by atoms with Crippen LogP contribution < -0.4 is 5.32 Å². The number of nitrogens with zero attached hydrogens (tertiary/aromatic N) is 2. The molecule has 1 heterocycles. The zero-order valence-corrected chi connectivity index (χ0v) is 13.5. The Labute approximate surface area is 140 Å². The molecule has 1 fully saturated rings. The predicted molar refractivity (Wildman–Crippen MR) is 89.4 cm³/mol. The van der Waals surface area contributed by atoms with Crippen LogP contribution in [0.25, 0.3) is 0 Å². The molecule has 7 nitrogen and oxygen atoms in total. The third-order valence-electron chi connectivity index (χ3n) is 4.80. The number of aliphatic imine (C=N–C) groups is 1. The maximum absolute atomic E-state index is 11.4. The zero-order valence-electron chi connectivity index (χ0n) is 13.5. The van der Waals surface area contributed by atoms with E-state index in [1.807, 2.05) is 31.3 Å². The van der Waals surface area contributed by atoms with E-state index in [1.165, 1.54) is 0 Å². The van der Waals surface area contributed by atoms with Crippen molar-refractivity contribution in [2.24, 2.45) is 16.8 Å². The Morgan fingerprint density at radius 1 is 1.21 bits per heavy atom. The average molecular weight is 331 g/mol. The predicted octanol–water partition coefficient (Wildman–Crippen LogP) is 1.35. The van der Waals surface area contributed by atoms with Gasteiger partial charge in [-0.15, -0.1) is 0 Å². The third-order valence-corrected chi connectivity index (χ3v) is 4.80. The topological polar surface area (TPSA) is 102 Å². The molecule has 0 bridgehead atoms. The number of anilines is 1. The van der Waals surface area contributed by atoms with Crippen molar-refractivity contribution in [2.45, 2.75) is 18.9 Å². The van der Waals surface area contributed by atoms with Crippen LogP contribution in [0.1, 0.15) is 18.4 Å². The smallest absolute Gasteiger partial charge is 0.308 e. The minimum atomic E-state index is -0.952. The van der Waals surface area contributed by atoms with Crippen molar-refractivity contribution < 1.29 is 19.8 Å². The molecule has 3 N–H and O–H groups in total. The molecule has 128 valence electrons. The first-order valence-electron chi connectivity index (χ1n) is 8.05. The fourth-order valence-electron chi connectivity index (χ4n) is 3.54. The van der Waals surface area contributed by atoms with Gasteiger partial charge >= 0.3 is 11.9 Å². The van der Waals surface area contributed by atoms with E-state index in [9.17, 15) is 19.8 Å². The summed E-state index contributed by atoms with van der Waals surface area (Å²) in [5.41, 5.74) is 1.66. The molecule has 1 aromatic rings. The lowest BCUT2D eigenvalue weighted by Gasteiger charge is -2.23. The van der Waals surface area contributed by atoms with Crippen LogP contribution in [0.4, 0.5) is 5.69 Å². The zero-order chi connectivity index (χ0) is 17.3. The van der Waals surface area contributed by atoms with Crippen LogP contribution in [0.5, 0.6) is 0 Å². The van der Waals surface area contributed by atoms with Crippen LogP contribution in [-0.4, -0.2) is 59.1 Å². The van der Waals surface area contributed by atoms with Gasteiger partial charge in [-0.25, -0.2) is 0 Å². The van der Waals surface area contributed by atoms with Gasteiger partial charge in [0.05, 0.1) is 24.4 Å². The Bertz CT molecular complexity index is 666. The van der Waals surface area contributed by atoms with E-state index in [0.717, 1.165) is 30.2 Å². The number of benzene rings is 1. The van der Waals surface area contributed by atoms with Crippen LogP contribution in [0.2, 0.25) is 0 Å². The first-order valence-corrected chi connectivity index (χ1v) is 8.05. The minimum Gasteiger partial charge on any atom is -0.481 e. The lowest BCUT2D eigenvalue weighted by atomic mass is 9.97. The summed E-state index contributed by atoms with van der Waals surface area (Å²) in [7, 11) is 1.98. The molecule has 0 aromatic heterocycles. The Kier molecular flexibility index (Phi) is 4.42. The molecule has 1 aliphatic heterocycles. The second kappa shape index (κ2) is 6.51. The molecule has 2 atom stereocenters.